The second-order valence-electron chi connectivity index (χ2n) is 5.44. The molecular formula is C11H15N5O7S2. The van der Waals surface area contributed by atoms with Crippen molar-refractivity contribution in [2.24, 2.45) is 0 Å². The summed E-state index contributed by atoms with van der Waals surface area (Å²) in [7, 11) is -4.82. The Balaban J connectivity index is 1.56. The molecule has 2 aliphatic heterocycles. The third kappa shape index (κ3) is 3.98. The fourth-order valence-electron chi connectivity index (χ4n) is 2.74. The first-order valence-corrected chi connectivity index (χ1v) is 9.37. The Morgan fingerprint density at radius 2 is 2.28 bits per heavy atom. The Bertz CT molecular complexity index is 782. The molecule has 12 nitrogen and oxygen atoms in total. The van der Waals surface area contributed by atoms with E-state index in [0.29, 0.717) is 28.7 Å². The number of nitrogen functional groups attached to an aromatic ring is 1. The largest absolute Gasteiger partial charge is 0.418 e. The number of hydroxylamine groups is 3. The standard InChI is InChI=1S/C11H15N5O7S2/c12-10-13-6(5-24-10)4-22-14-9(17)8-2-1-7-3-15(8)11(18)16(7)23-25(19,20)21/h5,7-8H,1-4H2,(H2,12,13)(H,14,17)(H,19,20,21)/t7-,8+/m1/s1. The van der Waals surface area contributed by atoms with E-state index in [2.05, 4.69) is 14.7 Å². The van der Waals surface area contributed by atoms with Crippen LogP contribution in [0, 0.1) is 0 Å². The van der Waals surface area contributed by atoms with Crippen LogP contribution in [0.4, 0.5) is 9.93 Å². The normalized spacial score (nSPS) is 23.2. The van der Waals surface area contributed by atoms with Crippen LogP contribution in [0.1, 0.15) is 18.5 Å². The van der Waals surface area contributed by atoms with E-state index in [9.17, 15) is 18.0 Å². The first-order chi connectivity index (χ1) is 11.7. The lowest BCUT2D eigenvalue weighted by atomic mass is 10.0. The number of urea groups is 1. The molecule has 2 atom stereocenters. The number of nitrogens with two attached hydrogens (primary N) is 1. The molecule has 2 aliphatic rings. The van der Waals surface area contributed by atoms with Crippen LogP contribution in [-0.2, 0) is 30.9 Å². The van der Waals surface area contributed by atoms with Crippen LogP contribution in [0.5, 0.6) is 0 Å². The molecule has 0 spiro atoms. The lowest BCUT2D eigenvalue weighted by molar-refractivity contribution is -0.140. The number of hydrogen-bond donors (Lipinski definition) is 3. The highest BCUT2D eigenvalue weighted by Gasteiger charge is 2.49. The third-order valence-electron chi connectivity index (χ3n) is 3.76. The molecule has 0 radical (unpaired) electrons. The SMILES string of the molecule is Nc1nc(CONC(=O)[C@@H]2CC[C@@H]3CN2C(=O)N3OS(=O)(=O)O)cs1. The number of hydrogen-bond acceptors (Lipinski definition) is 9. The van der Waals surface area contributed by atoms with Crippen molar-refractivity contribution < 1.29 is 31.7 Å². The average molecular weight is 393 g/mol. The fourth-order valence-corrected chi connectivity index (χ4v) is 3.68. The van der Waals surface area contributed by atoms with Crippen LogP contribution in [0.25, 0.3) is 0 Å². The molecule has 138 valence electrons. The van der Waals surface area contributed by atoms with Crippen LogP contribution < -0.4 is 11.2 Å². The maximum atomic E-state index is 12.2. The van der Waals surface area contributed by atoms with Gasteiger partial charge in [-0.05, 0) is 12.8 Å². The number of carbonyl (C=O) groups excluding carboxylic acids is 2. The molecule has 3 amide bonds. The Kier molecular flexibility index (Phi) is 4.79. The van der Waals surface area contributed by atoms with Gasteiger partial charge in [0, 0.05) is 11.9 Å². The van der Waals surface area contributed by atoms with Crippen molar-refractivity contribution in [3.05, 3.63) is 11.1 Å². The summed E-state index contributed by atoms with van der Waals surface area (Å²) in [6.45, 7) is 0.121. The maximum Gasteiger partial charge on any atom is 0.418 e. The predicted molar refractivity (Wildman–Crippen MR) is 82.8 cm³/mol. The smallest absolute Gasteiger partial charge is 0.375 e. The Morgan fingerprint density at radius 1 is 1.52 bits per heavy atom. The first kappa shape index (κ1) is 17.8. The van der Waals surface area contributed by atoms with E-state index in [1.807, 2.05) is 0 Å². The summed E-state index contributed by atoms with van der Waals surface area (Å²) < 4.78 is 34.7. The topological polar surface area (TPSA) is 164 Å². The number of anilines is 1. The highest BCUT2D eigenvalue weighted by molar-refractivity contribution is 7.80. The van der Waals surface area contributed by atoms with E-state index in [0.717, 1.165) is 0 Å². The molecule has 0 unspecified atom stereocenters. The molecule has 2 saturated heterocycles. The number of carbonyl (C=O) groups is 2. The highest BCUT2D eigenvalue weighted by atomic mass is 32.3. The lowest BCUT2D eigenvalue weighted by Crippen LogP contribution is -2.49. The summed E-state index contributed by atoms with van der Waals surface area (Å²) in [6.07, 6.45) is 0.624. The minimum absolute atomic E-state index is 0.0146. The van der Waals surface area contributed by atoms with Crippen molar-refractivity contribution in [2.75, 3.05) is 12.3 Å². The van der Waals surface area contributed by atoms with Crippen molar-refractivity contribution in [1.29, 1.82) is 0 Å². The summed E-state index contributed by atoms with van der Waals surface area (Å²) in [4.78, 5) is 34.6. The van der Waals surface area contributed by atoms with E-state index < -0.39 is 34.4 Å². The molecule has 25 heavy (non-hydrogen) atoms. The molecule has 14 heteroatoms. The van der Waals surface area contributed by atoms with Crippen LogP contribution in [0.15, 0.2) is 5.38 Å². The number of aromatic nitrogens is 1. The van der Waals surface area contributed by atoms with Crippen LogP contribution >= 0.6 is 11.3 Å². The van der Waals surface area contributed by atoms with Crippen molar-refractivity contribution in [3.8, 4) is 0 Å². The van der Waals surface area contributed by atoms with E-state index >= 15 is 0 Å². The van der Waals surface area contributed by atoms with Gasteiger partial charge in [0.15, 0.2) is 5.13 Å². The molecule has 1 aromatic heterocycles. The molecule has 0 aromatic carbocycles. The van der Waals surface area contributed by atoms with Gasteiger partial charge in [0.05, 0.1) is 11.7 Å². The molecule has 3 rings (SSSR count). The number of piperidine rings is 1. The van der Waals surface area contributed by atoms with E-state index in [-0.39, 0.29) is 13.2 Å². The fraction of sp³-hybridized carbons (Fsp3) is 0.545. The van der Waals surface area contributed by atoms with Gasteiger partial charge in [0.2, 0.25) is 0 Å². The number of thiazole rings is 1. The number of nitrogens with one attached hydrogen (secondary N) is 1. The second-order valence-corrected chi connectivity index (χ2v) is 7.34. The minimum Gasteiger partial charge on any atom is -0.375 e. The quantitative estimate of drug-likeness (QED) is 0.417. The maximum absolute atomic E-state index is 12.2. The van der Waals surface area contributed by atoms with Crippen LogP contribution in [0.2, 0.25) is 0 Å². The number of fused-ring (bicyclic) bond motifs is 2. The Morgan fingerprint density at radius 3 is 2.92 bits per heavy atom. The van der Waals surface area contributed by atoms with Gasteiger partial charge < -0.3 is 10.6 Å². The summed E-state index contributed by atoms with van der Waals surface area (Å²) in [5.41, 5.74) is 8.28. The Hall–Kier alpha value is -2.00. The third-order valence-corrected chi connectivity index (χ3v) is 4.83. The lowest BCUT2D eigenvalue weighted by Gasteiger charge is -2.28. The second kappa shape index (κ2) is 6.72. The number of amides is 3. The molecule has 0 aliphatic carbocycles. The zero-order valence-electron chi connectivity index (χ0n) is 12.7. The molecule has 3 heterocycles. The van der Waals surface area contributed by atoms with Crippen LogP contribution in [0.3, 0.4) is 0 Å². The molecule has 0 saturated carbocycles. The molecule has 1 aromatic rings. The van der Waals surface area contributed by atoms with Gasteiger partial charge in [0.25, 0.3) is 5.91 Å². The van der Waals surface area contributed by atoms with Crippen molar-refractivity contribution in [2.45, 2.75) is 31.5 Å². The van der Waals surface area contributed by atoms with Crippen LogP contribution in [-0.4, -0.2) is 58.5 Å². The summed E-state index contributed by atoms with van der Waals surface area (Å²) >= 11 is 1.24. The van der Waals surface area contributed by atoms with Gasteiger partial charge in [-0.2, -0.15) is 13.5 Å². The van der Waals surface area contributed by atoms with Gasteiger partial charge in [-0.1, -0.05) is 0 Å². The monoisotopic (exact) mass is 393 g/mol. The van der Waals surface area contributed by atoms with Gasteiger partial charge in [0.1, 0.15) is 12.6 Å². The number of nitrogens with zero attached hydrogens (tertiary/aromatic N) is 3. The molecule has 4 N–H and O–H groups in total. The first-order valence-electron chi connectivity index (χ1n) is 7.13. The minimum atomic E-state index is -4.82. The number of rotatable bonds is 6. The summed E-state index contributed by atoms with van der Waals surface area (Å²) in [5, 5.41) is 2.63. The zero-order valence-corrected chi connectivity index (χ0v) is 14.3. The van der Waals surface area contributed by atoms with E-state index in [4.69, 9.17) is 15.1 Å². The van der Waals surface area contributed by atoms with Gasteiger partial charge in [-0.25, -0.2) is 15.3 Å². The average Bonchev–Trinajstić information content (AvgIpc) is 3.04. The van der Waals surface area contributed by atoms with E-state index in [1.165, 1.54) is 16.2 Å². The summed E-state index contributed by atoms with van der Waals surface area (Å²) in [5.74, 6) is -0.552. The Labute approximate surface area is 146 Å². The van der Waals surface area contributed by atoms with Crippen molar-refractivity contribution in [3.63, 3.8) is 0 Å². The van der Waals surface area contributed by atoms with Gasteiger partial charge >= 0.3 is 16.4 Å². The molecule has 2 fully saturated rings. The zero-order chi connectivity index (χ0) is 18.2. The highest BCUT2D eigenvalue weighted by Crippen LogP contribution is 2.30. The van der Waals surface area contributed by atoms with E-state index in [1.54, 1.807) is 5.38 Å². The van der Waals surface area contributed by atoms with Gasteiger partial charge in [-0.3, -0.25) is 14.2 Å². The predicted octanol–water partition coefficient (Wildman–Crippen LogP) is -0.724. The molecule has 2 bridgehead atoms. The molecular weight excluding hydrogens is 378 g/mol. The van der Waals surface area contributed by atoms with Gasteiger partial charge in [-0.15, -0.1) is 15.6 Å². The van der Waals surface area contributed by atoms with Crippen molar-refractivity contribution in [1.82, 2.24) is 20.4 Å². The van der Waals surface area contributed by atoms with Crippen molar-refractivity contribution >= 4 is 38.8 Å². The summed E-state index contributed by atoms with van der Waals surface area (Å²) in [6, 6.07) is -2.20.